The van der Waals surface area contributed by atoms with Crippen LogP contribution >= 0.6 is 45.3 Å². The maximum absolute atomic E-state index is 2.44. The molecule has 0 saturated heterocycles. The standard InChI is InChI=1S/C58H34N2S4/c1-3-13-37(14-4-1)59(49-21-11-19-43-41-17-7-9-23-51(41)63-57(43)49)39-25-27-53-47(33-39)45-29-35-32-56-46(30-36(35)31-55(45)61-53)48-34-40(26-28-54(48)62-56)60(38-15-5-2-6-16-38)50-22-12-20-44-42-18-8-10-24-52(42)64-58(44)50/h1-34H. The first-order valence-electron chi connectivity index (χ1n) is 21.5. The van der Waals surface area contributed by atoms with Gasteiger partial charge in [-0.3, -0.25) is 0 Å². The molecule has 2 nitrogen and oxygen atoms in total. The van der Waals surface area contributed by atoms with Gasteiger partial charge in [0.15, 0.2) is 0 Å². The molecule has 10 aromatic carbocycles. The van der Waals surface area contributed by atoms with Crippen molar-refractivity contribution in [1.82, 2.24) is 0 Å². The van der Waals surface area contributed by atoms with Gasteiger partial charge in [0.2, 0.25) is 0 Å². The molecule has 14 aromatic rings. The van der Waals surface area contributed by atoms with Gasteiger partial charge in [-0.15, -0.1) is 45.3 Å². The summed E-state index contributed by atoms with van der Waals surface area (Å²) in [4.78, 5) is 4.89. The predicted molar refractivity (Wildman–Crippen MR) is 285 cm³/mol. The van der Waals surface area contributed by atoms with E-state index in [2.05, 4.69) is 216 Å². The molecule has 0 fully saturated rings. The van der Waals surface area contributed by atoms with Gasteiger partial charge in [-0.2, -0.15) is 0 Å². The van der Waals surface area contributed by atoms with E-state index in [1.807, 2.05) is 45.3 Å². The zero-order chi connectivity index (χ0) is 41.9. The molecule has 0 aliphatic carbocycles. The third-order valence-corrected chi connectivity index (χ3v) is 17.5. The molecule has 0 atom stereocenters. The average Bonchev–Trinajstić information content (AvgIpc) is 4.11. The van der Waals surface area contributed by atoms with E-state index in [4.69, 9.17) is 0 Å². The van der Waals surface area contributed by atoms with E-state index in [9.17, 15) is 0 Å². The molecule has 14 rings (SSSR count). The third kappa shape index (κ3) is 5.60. The summed E-state index contributed by atoms with van der Waals surface area (Å²) in [6, 6.07) is 76.5. The number of para-hydroxylation sites is 2. The van der Waals surface area contributed by atoms with Gasteiger partial charge in [0, 0.05) is 94.0 Å². The van der Waals surface area contributed by atoms with Gasteiger partial charge in [0.05, 0.1) is 20.8 Å². The number of fused-ring (bicyclic) bond motifs is 13. The number of thiophene rings is 4. The first-order valence-corrected chi connectivity index (χ1v) is 24.7. The summed E-state index contributed by atoms with van der Waals surface area (Å²) in [5, 5.41) is 13.0. The second-order valence-corrected chi connectivity index (χ2v) is 20.7. The van der Waals surface area contributed by atoms with Crippen LogP contribution in [0.3, 0.4) is 0 Å². The highest BCUT2D eigenvalue weighted by Gasteiger charge is 2.21. The van der Waals surface area contributed by atoms with Crippen LogP contribution in [0, 0.1) is 0 Å². The van der Waals surface area contributed by atoms with E-state index in [1.54, 1.807) is 0 Å². The van der Waals surface area contributed by atoms with Crippen molar-refractivity contribution >= 4 is 171 Å². The van der Waals surface area contributed by atoms with Crippen LogP contribution in [0.2, 0.25) is 0 Å². The van der Waals surface area contributed by atoms with Crippen LogP contribution < -0.4 is 9.80 Å². The summed E-state index contributed by atoms with van der Waals surface area (Å²) in [6.07, 6.45) is 0. The molecule has 300 valence electrons. The third-order valence-electron chi connectivity index (χ3n) is 12.8. The fraction of sp³-hybridized carbons (Fsp3) is 0. The van der Waals surface area contributed by atoms with Crippen molar-refractivity contribution in [2.45, 2.75) is 0 Å². The Morgan fingerprint density at radius 1 is 0.234 bits per heavy atom. The smallest absolute Gasteiger partial charge is 0.0640 e. The second-order valence-electron chi connectivity index (χ2n) is 16.5. The molecule has 0 unspecified atom stereocenters. The summed E-state index contributed by atoms with van der Waals surface area (Å²) in [7, 11) is 0. The monoisotopic (exact) mass is 886 g/mol. The molecule has 0 aliphatic heterocycles. The lowest BCUT2D eigenvalue weighted by atomic mass is 10.0. The SMILES string of the molecule is c1ccc(N(c2ccc3sc4cc5cc6c(cc5cc4c3c2)sc2ccc(N(c3ccccc3)c3cccc4c3sc3ccccc34)cc26)c2cccc3c2sc2ccccc23)cc1. The molecular formula is C58H34N2S4. The zero-order valence-corrected chi connectivity index (χ0v) is 37.4. The van der Waals surface area contributed by atoms with Crippen LogP contribution in [-0.2, 0) is 0 Å². The van der Waals surface area contributed by atoms with Crippen molar-refractivity contribution in [3.8, 4) is 0 Å². The summed E-state index contributed by atoms with van der Waals surface area (Å²) < 4.78 is 10.4. The van der Waals surface area contributed by atoms with Crippen molar-refractivity contribution in [2.24, 2.45) is 0 Å². The van der Waals surface area contributed by atoms with Crippen molar-refractivity contribution in [1.29, 1.82) is 0 Å². The Labute approximate surface area is 384 Å². The number of hydrogen-bond donors (Lipinski definition) is 0. The highest BCUT2D eigenvalue weighted by atomic mass is 32.1. The Kier molecular flexibility index (Phi) is 8.10. The van der Waals surface area contributed by atoms with Gasteiger partial charge in [-0.05, 0) is 120 Å². The van der Waals surface area contributed by atoms with Gasteiger partial charge in [0.25, 0.3) is 0 Å². The van der Waals surface area contributed by atoms with Gasteiger partial charge in [0.1, 0.15) is 0 Å². The van der Waals surface area contributed by atoms with Gasteiger partial charge in [-0.25, -0.2) is 0 Å². The predicted octanol–water partition coefficient (Wildman–Crippen LogP) is 19.3. The minimum absolute atomic E-state index is 1.15. The molecule has 0 amide bonds. The maximum atomic E-state index is 2.44. The van der Waals surface area contributed by atoms with E-state index in [0.717, 1.165) is 22.7 Å². The topological polar surface area (TPSA) is 6.48 Å². The van der Waals surface area contributed by atoms with E-state index >= 15 is 0 Å². The van der Waals surface area contributed by atoms with Crippen molar-refractivity contribution in [3.05, 3.63) is 206 Å². The molecule has 0 radical (unpaired) electrons. The van der Waals surface area contributed by atoms with E-state index < -0.39 is 0 Å². The number of nitrogens with zero attached hydrogens (tertiary/aromatic N) is 2. The molecule has 0 N–H and O–H groups in total. The van der Waals surface area contributed by atoms with E-state index in [1.165, 1.54) is 103 Å². The lowest BCUT2D eigenvalue weighted by Gasteiger charge is -2.26. The number of anilines is 6. The highest BCUT2D eigenvalue weighted by Crippen LogP contribution is 2.49. The largest absolute Gasteiger partial charge is 0.309 e. The normalized spacial score (nSPS) is 12.1. The fourth-order valence-electron chi connectivity index (χ4n) is 9.87. The van der Waals surface area contributed by atoms with Crippen LogP contribution in [0.1, 0.15) is 0 Å². The molecule has 6 heteroatoms. The summed E-state index contributed by atoms with van der Waals surface area (Å²) in [5.41, 5.74) is 7.02. The summed E-state index contributed by atoms with van der Waals surface area (Å²) in [5.74, 6) is 0. The Balaban J connectivity index is 0.912. The summed E-state index contributed by atoms with van der Waals surface area (Å²) in [6.45, 7) is 0. The van der Waals surface area contributed by atoms with Crippen molar-refractivity contribution in [3.63, 3.8) is 0 Å². The van der Waals surface area contributed by atoms with Crippen LogP contribution in [0.4, 0.5) is 34.1 Å². The van der Waals surface area contributed by atoms with Crippen LogP contribution in [-0.4, -0.2) is 0 Å². The molecular weight excluding hydrogens is 853 g/mol. The minimum atomic E-state index is 1.15. The van der Waals surface area contributed by atoms with Crippen molar-refractivity contribution in [2.75, 3.05) is 9.80 Å². The van der Waals surface area contributed by atoms with Gasteiger partial charge >= 0.3 is 0 Å². The number of hydrogen-bond acceptors (Lipinski definition) is 6. The van der Waals surface area contributed by atoms with E-state index in [0.29, 0.717) is 0 Å². The first kappa shape index (κ1) is 36.4. The fourth-order valence-corrected chi connectivity index (χ4v) is 14.5. The Bertz CT molecular complexity index is 3890. The molecule has 0 spiro atoms. The van der Waals surface area contributed by atoms with Crippen molar-refractivity contribution < 1.29 is 0 Å². The number of benzene rings is 10. The lowest BCUT2D eigenvalue weighted by Crippen LogP contribution is -2.09. The molecule has 64 heavy (non-hydrogen) atoms. The Morgan fingerprint density at radius 3 is 1.09 bits per heavy atom. The maximum Gasteiger partial charge on any atom is 0.0640 e. The zero-order valence-electron chi connectivity index (χ0n) is 34.2. The van der Waals surface area contributed by atoms with Crippen LogP contribution in [0.25, 0.3) is 91.5 Å². The Morgan fingerprint density at radius 2 is 0.625 bits per heavy atom. The molecule has 4 aromatic heterocycles. The second kappa shape index (κ2) is 14.2. The summed E-state index contributed by atoms with van der Waals surface area (Å²) >= 11 is 7.53. The quantitative estimate of drug-likeness (QED) is 0.164. The van der Waals surface area contributed by atoms with Gasteiger partial charge in [-0.1, -0.05) is 97.1 Å². The molecule has 0 aliphatic rings. The Hall–Kier alpha value is -7.06. The molecule has 0 bridgehead atoms. The first-order chi connectivity index (χ1) is 31.7. The molecule has 4 heterocycles. The number of rotatable bonds is 6. The van der Waals surface area contributed by atoms with Crippen LogP contribution in [0.5, 0.6) is 0 Å². The highest BCUT2D eigenvalue weighted by molar-refractivity contribution is 7.27. The van der Waals surface area contributed by atoms with Gasteiger partial charge < -0.3 is 9.80 Å². The minimum Gasteiger partial charge on any atom is -0.309 e. The molecule has 0 saturated carbocycles. The van der Waals surface area contributed by atoms with Crippen LogP contribution in [0.15, 0.2) is 206 Å². The lowest BCUT2D eigenvalue weighted by molar-refractivity contribution is 1.31. The van der Waals surface area contributed by atoms with E-state index in [-0.39, 0.29) is 0 Å². The average molecular weight is 887 g/mol.